The van der Waals surface area contributed by atoms with Gasteiger partial charge in [-0.05, 0) is 30.4 Å². The lowest BCUT2D eigenvalue weighted by Crippen LogP contribution is -2.05. The molecule has 2 atom stereocenters. The summed E-state index contributed by atoms with van der Waals surface area (Å²) in [5, 5.41) is 0.363. The van der Waals surface area contributed by atoms with Crippen molar-refractivity contribution in [2.45, 2.75) is 50.3 Å². The minimum atomic E-state index is 0.363. The fourth-order valence-electron chi connectivity index (χ4n) is 2.56. The molecular formula is C14H19Cl. The predicted octanol–water partition coefficient (Wildman–Crippen LogP) is 4.51. The quantitative estimate of drug-likeness (QED) is 0.660. The summed E-state index contributed by atoms with van der Waals surface area (Å²) in [5.74, 6) is 0.600. The second-order valence-corrected chi connectivity index (χ2v) is 5.11. The van der Waals surface area contributed by atoms with Crippen LogP contribution in [0.5, 0.6) is 0 Å². The van der Waals surface area contributed by atoms with Crippen molar-refractivity contribution in [2.24, 2.45) is 0 Å². The Balaban J connectivity index is 2.16. The van der Waals surface area contributed by atoms with E-state index < -0.39 is 0 Å². The average molecular weight is 223 g/mol. The van der Waals surface area contributed by atoms with Gasteiger partial charge in [0.1, 0.15) is 0 Å². The van der Waals surface area contributed by atoms with Crippen molar-refractivity contribution in [3.8, 4) is 0 Å². The third-order valence-electron chi connectivity index (χ3n) is 3.35. The van der Waals surface area contributed by atoms with Gasteiger partial charge in [-0.15, -0.1) is 11.6 Å². The van der Waals surface area contributed by atoms with Crippen molar-refractivity contribution in [1.29, 1.82) is 0 Å². The fraction of sp³-hybridized carbons (Fsp3) is 0.571. The van der Waals surface area contributed by atoms with Gasteiger partial charge in [-0.3, -0.25) is 0 Å². The summed E-state index contributed by atoms with van der Waals surface area (Å²) < 4.78 is 0. The molecule has 1 saturated carbocycles. The van der Waals surface area contributed by atoms with Gasteiger partial charge in [-0.2, -0.15) is 0 Å². The molecule has 0 radical (unpaired) electrons. The van der Waals surface area contributed by atoms with E-state index in [4.69, 9.17) is 11.6 Å². The summed E-state index contributed by atoms with van der Waals surface area (Å²) in [7, 11) is 0. The largest absolute Gasteiger partial charge is 0.122 e. The van der Waals surface area contributed by atoms with Crippen LogP contribution in [0.1, 0.15) is 49.7 Å². The summed E-state index contributed by atoms with van der Waals surface area (Å²) >= 11 is 6.34. The Morgan fingerprint density at radius 2 is 2.20 bits per heavy atom. The normalized spacial score (nSPS) is 25.7. The molecule has 1 aliphatic rings. The number of rotatable bonds is 3. The topological polar surface area (TPSA) is 0 Å². The van der Waals surface area contributed by atoms with Crippen LogP contribution in [-0.2, 0) is 6.42 Å². The smallest absolute Gasteiger partial charge is 0.0404 e. The summed E-state index contributed by atoms with van der Waals surface area (Å²) in [5.41, 5.74) is 2.92. The van der Waals surface area contributed by atoms with Crippen LogP contribution in [0.15, 0.2) is 24.3 Å². The molecule has 1 heteroatoms. The molecule has 0 aliphatic heterocycles. The van der Waals surface area contributed by atoms with Crippen LogP contribution in [0.2, 0.25) is 0 Å². The van der Waals surface area contributed by atoms with Gasteiger partial charge in [0.25, 0.3) is 0 Å². The van der Waals surface area contributed by atoms with Crippen molar-refractivity contribution in [2.75, 3.05) is 0 Å². The number of aryl methyl sites for hydroxylation is 1. The lowest BCUT2D eigenvalue weighted by Gasteiger charge is -2.15. The maximum absolute atomic E-state index is 6.34. The van der Waals surface area contributed by atoms with Gasteiger partial charge in [0.15, 0.2) is 0 Å². The van der Waals surface area contributed by atoms with E-state index in [1.165, 1.54) is 43.2 Å². The molecule has 82 valence electrons. The molecule has 0 nitrogen and oxygen atoms in total. The fourth-order valence-corrected chi connectivity index (χ4v) is 2.98. The molecule has 1 fully saturated rings. The van der Waals surface area contributed by atoms with Gasteiger partial charge in [0.05, 0.1) is 0 Å². The summed E-state index contributed by atoms with van der Waals surface area (Å²) in [4.78, 5) is 0. The highest BCUT2D eigenvalue weighted by molar-refractivity contribution is 6.21. The van der Waals surface area contributed by atoms with E-state index in [1.54, 1.807) is 0 Å². The third-order valence-corrected chi connectivity index (χ3v) is 3.87. The van der Waals surface area contributed by atoms with E-state index in [1.807, 2.05) is 0 Å². The lowest BCUT2D eigenvalue weighted by atomic mass is 9.95. The van der Waals surface area contributed by atoms with Gasteiger partial charge in [0.2, 0.25) is 0 Å². The van der Waals surface area contributed by atoms with Gasteiger partial charge in [-0.1, -0.05) is 44.0 Å². The summed E-state index contributed by atoms with van der Waals surface area (Å²) in [6, 6.07) is 9.01. The maximum Gasteiger partial charge on any atom is 0.0404 e. The second-order valence-electron chi connectivity index (χ2n) is 4.55. The average Bonchev–Trinajstić information content (AvgIpc) is 2.65. The Bertz CT molecular complexity index is 319. The van der Waals surface area contributed by atoms with Crippen LogP contribution >= 0.6 is 11.6 Å². The molecule has 1 aromatic carbocycles. The first-order valence-corrected chi connectivity index (χ1v) is 6.48. The summed E-state index contributed by atoms with van der Waals surface area (Å²) in [6.45, 7) is 2.23. The van der Waals surface area contributed by atoms with Crippen molar-refractivity contribution >= 4 is 11.6 Å². The van der Waals surface area contributed by atoms with Crippen molar-refractivity contribution in [3.05, 3.63) is 35.4 Å². The zero-order valence-corrected chi connectivity index (χ0v) is 10.1. The van der Waals surface area contributed by atoms with Crippen LogP contribution in [0, 0.1) is 0 Å². The first kappa shape index (κ1) is 11.0. The van der Waals surface area contributed by atoms with Gasteiger partial charge >= 0.3 is 0 Å². The molecule has 0 bridgehead atoms. The molecule has 1 aromatic rings. The first-order chi connectivity index (χ1) is 7.31. The van der Waals surface area contributed by atoms with Gasteiger partial charge in [-0.25, -0.2) is 0 Å². The number of alkyl halides is 1. The molecule has 0 saturated heterocycles. The molecule has 15 heavy (non-hydrogen) atoms. The Kier molecular flexibility index (Phi) is 3.69. The minimum Gasteiger partial charge on any atom is -0.122 e. The number of hydrogen-bond donors (Lipinski definition) is 0. The zero-order valence-electron chi connectivity index (χ0n) is 9.38. The molecule has 0 heterocycles. The Morgan fingerprint density at radius 1 is 1.33 bits per heavy atom. The van der Waals surface area contributed by atoms with E-state index in [0.717, 1.165) is 0 Å². The van der Waals surface area contributed by atoms with Crippen molar-refractivity contribution in [3.63, 3.8) is 0 Å². The van der Waals surface area contributed by atoms with Crippen LogP contribution < -0.4 is 0 Å². The van der Waals surface area contributed by atoms with E-state index in [0.29, 0.717) is 11.3 Å². The van der Waals surface area contributed by atoms with E-state index in [2.05, 4.69) is 31.2 Å². The SMILES string of the molecule is CCCc1cccc(C2CCCC2Cl)c1. The predicted molar refractivity (Wildman–Crippen MR) is 66.7 cm³/mol. The summed E-state index contributed by atoms with van der Waals surface area (Å²) in [6.07, 6.45) is 6.15. The highest BCUT2D eigenvalue weighted by Gasteiger charge is 2.26. The van der Waals surface area contributed by atoms with Gasteiger partial charge < -0.3 is 0 Å². The molecule has 0 aromatic heterocycles. The zero-order chi connectivity index (χ0) is 10.7. The number of benzene rings is 1. The Labute approximate surface area is 97.6 Å². The molecule has 0 N–H and O–H groups in total. The molecular weight excluding hydrogens is 204 g/mol. The van der Waals surface area contributed by atoms with Crippen LogP contribution in [0.4, 0.5) is 0 Å². The highest BCUT2D eigenvalue weighted by Crippen LogP contribution is 2.38. The van der Waals surface area contributed by atoms with Crippen LogP contribution in [0.3, 0.4) is 0 Å². The highest BCUT2D eigenvalue weighted by atomic mass is 35.5. The third kappa shape index (κ3) is 2.55. The lowest BCUT2D eigenvalue weighted by molar-refractivity contribution is 0.727. The van der Waals surface area contributed by atoms with E-state index in [9.17, 15) is 0 Å². The Morgan fingerprint density at radius 3 is 2.87 bits per heavy atom. The number of halogens is 1. The van der Waals surface area contributed by atoms with Gasteiger partial charge in [0, 0.05) is 11.3 Å². The monoisotopic (exact) mass is 222 g/mol. The van der Waals surface area contributed by atoms with E-state index >= 15 is 0 Å². The second kappa shape index (κ2) is 5.03. The molecule has 0 amide bonds. The maximum atomic E-state index is 6.34. The number of hydrogen-bond acceptors (Lipinski definition) is 0. The molecule has 2 unspecified atom stereocenters. The minimum absolute atomic E-state index is 0.363. The Hall–Kier alpha value is -0.490. The van der Waals surface area contributed by atoms with Crippen molar-refractivity contribution < 1.29 is 0 Å². The molecule has 1 aliphatic carbocycles. The van der Waals surface area contributed by atoms with Crippen LogP contribution in [-0.4, -0.2) is 5.38 Å². The van der Waals surface area contributed by atoms with Crippen molar-refractivity contribution in [1.82, 2.24) is 0 Å². The molecule has 2 rings (SSSR count). The molecule has 0 spiro atoms. The van der Waals surface area contributed by atoms with Crippen LogP contribution in [0.25, 0.3) is 0 Å². The van der Waals surface area contributed by atoms with E-state index in [-0.39, 0.29) is 0 Å². The first-order valence-electron chi connectivity index (χ1n) is 6.04. The standard InChI is InChI=1S/C14H19Cl/c1-2-5-11-6-3-7-12(10-11)13-8-4-9-14(13)15/h3,6-7,10,13-14H,2,4-5,8-9H2,1H3.